The first-order chi connectivity index (χ1) is 17.6. The second-order valence-corrected chi connectivity index (χ2v) is 8.99. The first-order valence-corrected chi connectivity index (χ1v) is 12.1. The number of pyridine rings is 1. The van der Waals surface area contributed by atoms with Gasteiger partial charge in [-0.1, -0.05) is 54.6 Å². The zero-order chi connectivity index (χ0) is 24.9. The Morgan fingerprint density at radius 1 is 0.889 bits per heavy atom. The Morgan fingerprint density at radius 2 is 1.58 bits per heavy atom. The maximum absolute atomic E-state index is 13.6. The van der Waals surface area contributed by atoms with E-state index in [2.05, 4.69) is 15.4 Å². The van der Waals surface area contributed by atoms with Crippen LogP contribution in [0.5, 0.6) is 0 Å². The van der Waals surface area contributed by atoms with Crippen molar-refractivity contribution in [3.05, 3.63) is 106 Å². The van der Waals surface area contributed by atoms with E-state index in [0.717, 1.165) is 11.1 Å². The maximum Gasteiger partial charge on any atom is 0.274 e. The molecule has 2 aromatic heterocycles. The summed E-state index contributed by atoms with van der Waals surface area (Å²) < 4.78 is 1.36. The van der Waals surface area contributed by atoms with Gasteiger partial charge in [-0.3, -0.25) is 19.4 Å². The van der Waals surface area contributed by atoms with E-state index in [9.17, 15) is 14.4 Å². The van der Waals surface area contributed by atoms with Crippen molar-refractivity contribution < 1.29 is 9.59 Å². The highest BCUT2D eigenvalue weighted by Crippen LogP contribution is 2.22. The van der Waals surface area contributed by atoms with Crippen molar-refractivity contribution >= 4 is 22.6 Å². The molecule has 2 aromatic carbocycles. The van der Waals surface area contributed by atoms with Crippen molar-refractivity contribution in [3.8, 4) is 0 Å². The Morgan fingerprint density at radius 3 is 2.31 bits per heavy atom. The predicted molar refractivity (Wildman–Crippen MR) is 136 cm³/mol. The van der Waals surface area contributed by atoms with Gasteiger partial charge in [-0.15, -0.1) is 0 Å². The van der Waals surface area contributed by atoms with Gasteiger partial charge < -0.3 is 10.2 Å². The maximum atomic E-state index is 13.6. The normalized spacial score (nSPS) is 14.1. The molecule has 4 aromatic rings. The van der Waals surface area contributed by atoms with Gasteiger partial charge in [-0.25, -0.2) is 4.68 Å². The Kier molecular flexibility index (Phi) is 6.84. The summed E-state index contributed by atoms with van der Waals surface area (Å²) in [5.74, 6) is -0.379. The summed E-state index contributed by atoms with van der Waals surface area (Å²) in [6.45, 7) is 1.63. The molecule has 0 atom stereocenters. The molecule has 0 radical (unpaired) electrons. The van der Waals surface area contributed by atoms with Crippen molar-refractivity contribution in [2.24, 2.45) is 5.92 Å². The zero-order valence-electron chi connectivity index (χ0n) is 19.8. The monoisotopic (exact) mass is 481 g/mol. The number of hydrogen-bond acceptors (Lipinski definition) is 5. The van der Waals surface area contributed by atoms with Crippen LogP contribution in [0.3, 0.4) is 0 Å². The van der Waals surface area contributed by atoms with E-state index in [1.165, 1.54) is 4.68 Å². The van der Waals surface area contributed by atoms with Crippen molar-refractivity contribution in [2.45, 2.75) is 25.9 Å². The molecule has 0 saturated carbocycles. The van der Waals surface area contributed by atoms with Gasteiger partial charge in [0.05, 0.1) is 11.9 Å². The number of aromatic nitrogens is 3. The first-order valence-electron chi connectivity index (χ1n) is 12.1. The molecule has 3 heterocycles. The molecule has 1 saturated heterocycles. The minimum absolute atomic E-state index is 0.00839. The van der Waals surface area contributed by atoms with Crippen LogP contribution in [0.25, 0.3) is 10.8 Å². The van der Waals surface area contributed by atoms with Crippen LogP contribution >= 0.6 is 0 Å². The molecule has 5 rings (SSSR count). The lowest BCUT2D eigenvalue weighted by molar-refractivity contribution is -0.126. The number of nitrogens with one attached hydrogen (secondary N) is 1. The molecular formula is C28H27N5O3. The number of rotatable bonds is 6. The molecule has 36 heavy (non-hydrogen) atoms. The Labute approximate surface area is 208 Å². The minimum Gasteiger partial charge on any atom is -0.352 e. The highest BCUT2D eigenvalue weighted by Gasteiger charge is 2.29. The number of piperidine rings is 1. The summed E-state index contributed by atoms with van der Waals surface area (Å²) in [4.78, 5) is 45.1. The molecule has 2 amide bonds. The molecule has 1 fully saturated rings. The first kappa shape index (κ1) is 23.4. The summed E-state index contributed by atoms with van der Waals surface area (Å²) >= 11 is 0. The fraction of sp³-hybridized carbons (Fsp3) is 0.250. The van der Waals surface area contributed by atoms with Gasteiger partial charge in [0.2, 0.25) is 5.91 Å². The molecule has 0 bridgehead atoms. The van der Waals surface area contributed by atoms with Gasteiger partial charge in [0, 0.05) is 43.3 Å². The van der Waals surface area contributed by atoms with Crippen LogP contribution in [-0.2, 0) is 17.9 Å². The van der Waals surface area contributed by atoms with Crippen LogP contribution in [0.2, 0.25) is 0 Å². The Hall–Kier alpha value is -4.33. The standard InChI is InChI=1S/C28H27N5O3/c34-26(30-18-21-9-6-14-29-17-21)22-12-15-32(16-13-22)28(36)25-23-10-4-5-11-24(23)27(35)33(31-25)19-20-7-2-1-3-8-20/h1-11,14,17,22H,12-13,15-16,18-19H2,(H,30,34). The van der Waals surface area contributed by atoms with E-state index in [4.69, 9.17) is 0 Å². The second kappa shape index (κ2) is 10.5. The van der Waals surface area contributed by atoms with E-state index >= 15 is 0 Å². The average molecular weight is 482 g/mol. The minimum atomic E-state index is -0.227. The van der Waals surface area contributed by atoms with Crippen molar-refractivity contribution in [1.82, 2.24) is 25.0 Å². The number of carbonyl (C=O) groups is 2. The van der Waals surface area contributed by atoms with Gasteiger partial charge in [-0.05, 0) is 36.1 Å². The molecule has 182 valence electrons. The van der Waals surface area contributed by atoms with Gasteiger partial charge in [0.1, 0.15) is 0 Å². The predicted octanol–water partition coefficient (Wildman–Crippen LogP) is 3.01. The molecule has 8 heteroatoms. The molecule has 8 nitrogen and oxygen atoms in total. The zero-order valence-corrected chi connectivity index (χ0v) is 19.8. The smallest absolute Gasteiger partial charge is 0.274 e. The van der Waals surface area contributed by atoms with Crippen LogP contribution in [-0.4, -0.2) is 44.6 Å². The number of hydrogen-bond donors (Lipinski definition) is 1. The van der Waals surface area contributed by atoms with E-state index in [1.807, 2.05) is 42.5 Å². The number of carbonyl (C=O) groups excluding carboxylic acids is 2. The van der Waals surface area contributed by atoms with Crippen molar-refractivity contribution in [2.75, 3.05) is 13.1 Å². The molecule has 1 N–H and O–H groups in total. The lowest BCUT2D eigenvalue weighted by Crippen LogP contribution is -2.43. The van der Waals surface area contributed by atoms with E-state index in [-0.39, 0.29) is 35.5 Å². The van der Waals surface area contributed by atoms with Crippen LogP contribution in [0.4, 0.5) is 0 Å². The highest BCUT2D eigenvalue weighted by molar-refractivity contribution is 6.04. The quantitative estimate of drug-likeness (QED) is 0.457. The third-order valence-corrected chi connectivity index (χ3v) is 6.59. The number of benzene rings is 2. The second-order valence-electron chi connectivity index (χ2n) is 8.99. The third kappa shape index (κ3) is 5.02. The lowest BCUT2D eigenvalue weighted by Gasteiger charge is -2.31. The summed E-state index contributed by atoms with van der Waals surface area (Å²) in [7, 11) is 0. The average Bonchev–Trinajstić information content (AvgIpc) is 2.94. The number of amides is 2. The Balaban J connectivity index is 1.31. The fourth-order valence-corrected chi connectivity index (χ4v) is 4.59. The van der Waals surface area contributed by atoms with Gasteiger partial charge in [0.15, 0.2) is 5.69 Å². The Bertz CT molecular complexity index is 1430. The van der Waals surface area contributed by atoms with Crippen LogP contribution in [0.1, 0.15) is 34.5 Å². The molecule has 0 aliphatic carbocycles. The van der Waals surface area contributed by atoms with Crippen LogP contribution in [0, 0.1) is 5.92 Å². The summed E-state index contributed by atoms with van der Waals surface area (Å²) in [6.07, 6.45) is 4.58. The SMILES string of the molecule is O=C(NCc1cccnc1)C1CCN(C(=O)c2nn(Cc3ccccc3)c(=O)c3ccccc23)CC1. The molecular weight excluding hydrogens is 454 g/mol. The molecule has 1 aliphatic rings. The number of fused-ring (bicyclic) bond motifs is 1. The van der Waals surface area contributed by atoms with Crippen LogP contribution in [0.15, 0.2) is 83.9 Å². The van der Waals surface area contributed by atoms with Crippen molar-refractivity contribution in [3.63, 3.8) is 0 Å². The van der Waals surface area contributed by atoms with Gasteiger partial charge >= 0.3 is 0 Å². The summed E-state index contributed by atoms with van der Waals surface area (Å²) in [5.41, 5.74) is 1.91. The molecule has 0 unspecified atom stereocenters. The van der Waals surface area contributed by atoms with E-state index in [0.29, 0.717) is 43.2 Å². The van der Waals surface area contributed by atoms with E-state index in [1.54, 1.807) is 41.6 Å². The molecule has 1 aliphatic heterocycles. The van der Waals surface area contributed by atoms with Crippen molar-refractivity contribution in [1.29, 1.82) is 0 Å². The fourth-order valence-electron chi connectivity index (χ4n) is 4.59. The van der Waals surface area contributed by atoms with Gasteiger partial charge in [0.25, 0.3) is 11.5 Å². The summed E-state index contributed by atoms with van der Waals surface area (Å²) in [6, 6.07) is 20.4. The highest BCUT2D eigenvalue weighted by atomic mass is 16.2. The summed E-state index contributed by atoms with van der Waals surface area (Å²) in [5, 5.41) is 8.51. The third-order valence-electron chi connectivity index (χ3n) is 6.59. The van der Waals surface area contributed by atoms with E-state index < -0.39 is 0 Å². The van der Waals surface area contributed by atoms with Gasteiger partial charge in [-0.2, -0.15) is 5.10 Å². The topological polar surface area (TPSA) is 97.2 Å². The number of nitrogens with zero attached hydrogens (tertiary/aromatic N) is 4. The van der Waals surface area contributed by atoms with Crippen LogP contribution < -0.4 is 10.9 Å². The lowest BCUT2D eigenvalue weighted by atomic mass is 9.95. The largest absolute Gasteiger partial charge is 0.352 e. The molecule has 0 spiro atoms. The number of likely N-dealkylation sites (tertiary alicyclic amines) is 1.